The SMILES string of the molecule is CNCC(NCC(COC)OC)c1ccccc1. The lowest BCUT2D eigenvalue weighted by molar-refractivity contribution is 0.0273. The first-order chi connectivity index (χ1) is 8.81. The molecule has 0 spiro atoms. The lowest BCUT2D eigenvalue weighted by atomic mass is 10.1. The maximum absolute atomic E-state index is 5.35. The molecule has 0 saturated heterocycles. The first kappa shape index (κ1) is 15.1. The van der Waals surface area contributed by atoms with Gasteiger partial charge in [0.2, 0.25) is 0 Å². The van der Waals surface area contributed by atoms with E-state index >= 15 is 0 Å². The number of methoxy groups -OCH3 is 2. The van der Waals surface area contributed by atoms with Gasteiger partial charge in [0.15, 0.2) is 0 Å². The molecular weight excluding hydrogens is 228 g/mol. The Morgan fingerprint density at radius 3 is 2.39 bits per heavy atom. The quantitative estimate of drug-likeness (QED) is 0.693. The molecule has 0 radical (unpaired) electrons. The summed E-state index contributed by atoms with van der Waals surface area (Å²) in [7, 11) is 5.36. The van der Waals surface area contributed by atoms with Crippen molar-refractivity contribution in [2.45, 2.75) is 12.1 Å². The molecule has 0 fully saturated rings. The summed E-state index contributed by atoms with van der Waals surface area (Å²) in [6.07, 6.45) is 0.0815. The van der Waals surface area contributed by atoms with Crippen molar-refractivity contribution >= 4 is 0 Å². The minimum Gasteiger partial charge on any atom is -0.382 e. The van der Waals surface area contributed by atoms with Crippen LogP contribution in [0.1, 0.15) is 11.6 Å². The molecule has 0 aliphatic carbocycles. The highest BCUT2D eigenvalue weighted by atomic mass is 16.5. The normalized spacial score (nSPS) is 14.4. The number of hydrogen-bond donors (Lipinski definition) is 2. The molecule has 0 aromatic heterocycles. The average molecular weight is 252 g/mol. The van der Waals surface area contributed by atoms with E-state index in [0.29, 0.717) is 6.61 Å². The Kier molecular flexibility index (Phi) is 7.60. The molecule has 1 aromatic carbocycles. The van der Waals surface area contributed by atoms with Gasteiger partial charge in [-0.15, -0.1) is 0 Å². The van der Waals surface area contributed by atoms with Gasteiger partial charge in [-0.2, -0.15) is 0 Å². The Morgan fingerprint density at radius 2 is 1.83 bits per heavy atom. The maximum Gasteiger partial charge on any atom is 0.0928 e. The molecule has 4 heteroatoms. The molecule has 0 saturated carbocycles. The van der Waals surface area contributed by atoms with Crippen LogP contribution < -0.4 is 10.6 Å². The van der Waals surface area contributed by atoms with E-state index in [4.69, 9.17) is 9.47 Å². The molecule has 0 aliphatic heterocycles. The van der Waals surface area contributed by atoms with Crippen LogP contribution in [0, 0.1) is 0 Å². The Bertz CT molecular complexity index is 306. The molecule has 0 bridgehead atoms. The highest BCUT2D eigenvalue weighted by molar-refractivity contribution is 5.19. The third kappa shape index (κ3) is 5.14. The molecule has 0 amide bonds. The van der Waals surface area contributed by atoms with Crippen molar-refractivity contribution in [3.8, 4) is 0 Å². The van der Waals surface area contributed by atoms with Crippen molar-refractivity contribution in [1.82, 2.24) is 10.6 Å². The van der Waals surface area contributed by atoms with Crippen LogP contribution in [-0.4, -0.2) is 47.1 Å². The van der Waals surface area contributed by atoms with Gasteiger partial charge in [-0.3, -0.25) is 0 Å². The van der Waals surface area contributed by atoms with Crippen LogP contribution in [0.25, 0.3) is 0 Å². The van der Waals surface area contributed by atoms with Crippen LogP contribution in [0.3, 0.4) is 0 Å². The lowest BCUT2D eigenvalue weighted by Crippen LogP contribution is -2.37. The number of rotatable bonds is 9. The summed E-state index contributed by atoms with van der Waals surface area (Å²) in [6.45, 7) is 2.25. The minimum absolute atomic E-state index is 0.0815. The molecular formula is C14H24N2O2. The van der Waals surface area contributed by atoms with Gasteiger partial charge in [-0.05, 0) is 12.6 Å². The molecule has 0 heterocycles. The zero-order valence-electron chi connectivity index (χ0n) is 11.5. The maximum atomic E-state index is 5.35. The number of nitrogens with one attached hydrogen (secondary N) is 2. The lowest BCUT2D eigenvalue weighted by Gasteiger charge is -2.22. The van der Waals surface area contributed by atoms with Gasteiger partial charge in [0.25, 0.3) is 0 Å². The molecule has 1 rings (SSSR count). The first-order valence-electron chi connectivity index (χ1n) is 6.26. The molecule has 0 aliphatic rings. The van der Waals surface area contributed by atoms with Gasteiger partial charge in [0, 0.05) is 33.4 Å². The third-order valence-corrected chi connectivity index (χ3v) is 2.89. The van der Waals surface area contributed by atoms with Gasteiger partial charge >= 0.3 is 0 Å². The van der Waals surface area contributed by atoms with Gasteiger partial charge in [0.05, 0.1) is 12.7 Å². The van der Waals surface area contributed by atoms with E-state index in [0.717, 1.165) is 13.1 Å². The molecule has 2 unspecified atom stereocenters. The average Bonchev–Trinajstić information content (AvgIpc) is 2.43. The van der Waals surface area contributed by atoms with Crippen molar-refractivity contribution in [2.75, 3.05) is 41.0 Å². The van der Waals surface area contributed by atoms with Crippen LogP contribution >= 0.6 is 0 Å². The topological polar surface area (TPSA) is 42.5 Å². The summed E-state index contributed by atoms with van der Waals surface area (Å²) in [5, 5.41) is 6.71. The van der Waals surface area contributed by atoms with Crippen LogP contribution in [0.5, 0.6) is 0 Å². The Labute approximate surface area is 110 Å². The zero-order chi connectivity index (χ0) is 13.2. The fraction of sp³-hybridized carbons (Fsp3) is 0.571. The van der Waals surface area contributed by atoms with Crippen LogP contribution in [-0.2, 0) is 9.47 Å². The standard InChI is InChI=1S/C14H24N2O2/c1-15-10-14(12-7-5-4-6-8-12)16-9-13(18-3)11-17-2/h4-8,13-16H,9-11H2,1-3H3. The highest BCUT2D eigenvalue weighted by Gasteiger charge is 2.13. The van der Waals surface area contributed by atoms with Crippen molar-refractivity contribution < 1.29 is 9.47 Å². The van der Waals surface area contributed by atoms with E-state index in [2.05, 4.69) is 34.9 Å². The van der Waals surface area contributed by atoms with Gasteiger partial charge in [-0.1, -0.05) is 30.3 Å². The molecule has 1 aromatic rings. The summed E-state index contributed by atoms with van der Waals surface area (Å²) >= 11 is 0. The summed E-state index contributed by atoms with van der Waals surface area (Å²) in [6, 6.07) is 10.7. The van der Waals surface area contributed by atoms with Crippen molar-refractivity contribution in [3.05, 3.63) is 35.9 Å². The molecule has 2 atom stereocenters. The minimum atomic E-state index is 0.0815. The van der Waals surface area contributed by atoms with Crippen LogP contribution in [0.4, 0.5) is 0 Å². The van der Waals surface area contributed by atoms with Gasteiger partial charge in [-0.25, -0.2) is 0 Å². The van der Waals surface area contributed by atoms with E-state index in [1.807, 2.05) is 13.1 Å². The largest absolute Gasteiger partial charge is 0.382 e. The second kappa shape index (κ2) is 9.05. The van der Waals surface area contributed by atoms with Gasteiger partial charge in [0.1, 0.15) is 0 Å². The first-order valence-corrected chi connectivity index (χ1v) is 6.26. The molecule has 18 heavy (non-hydrogen) atoms. The number of likely N-dealkylation sites (N-methyl/N-ethyl adjacent to an activating group) is 1. The van der Waals surface area contributed by atoms with E-state index < -0.39 is 0 Å². The zero-order valence-corrected chi connectivity index (χ0v) is 11.5. The third-order valence-electron chi connectivity index (χ3n) is 2.89. The van der Waals surface area contributed by atoms with E-state index in [9.17, 15) is 0 Å². The van der Waals surface area contributed by atoms with Crippen LogP contribution in [0.15, 0.2) is 30.3 Å². The number of ether oxygens (including phenoxy) is 2. The summed E-state index contributed by atoms with van der Waals surface area (Å²) in [4.78, 5) is 0. The fourth-order valence-corrected chi connectivity index (χ4v) is 1.87. The smallest absolute Gasteiger partial charge is 0.0928 e. The van der Waals surface area contributed by atoms with Crippen molar-refractivity contribution in [2.24, 2.45) is 0 Å². The second-order valence-electron chi connectivity index (χ2n) is 4.24. The summed E-state index contributed by atoms with van der Waals surface area (Å²) in [5.74, 6) is 0. The number of hydrogen-bond acceptors (Lipinski definition) is 4. The van der Waals surface area contributed by atoms with Crippen LogP contribution in [0.2, 0.25) is 0 Å². The Morgan fingerprint density at radius 1 is 1.11 bits per heavy atom. The fourth-order valence-electron chi connectivity index (χ4n) is 1.87. The van der Waals surface area contributed by atoms with Gasteiger partial charge < -0.3 is 20.1 Å². The summed E-state index contributed by atoms with van der Waals surface area (Å²) in [5.41, 5.74) is 1.28. The van der Waals surface area contributed by atoms with Crippen molar-refractivity contribution in [3.63, 3.8) is 0 Å². The molecule has 4 nitrogen and oxygen atoms in total. The van der Waals surface area contributed by atoms with Crippen molar-refractivity contribution in [1.29, 1.82) is 0 Å². The molecule has 102 valence electrons. The van der Waals surface area contributed by atoms with E-state index in [1.165, 1.54) is 5.56 Å². The Balaban J connectivity index is 2.53. The Hall–Kier alpha value is -0.940. The second-order valence-corrected chi connectivity index (χ2v) is 4.24. The predicted molar refractivity (Wildman–Crippen MR) is 73.8 cm³/mol. The number of benzene rings is 1. The molecule has 2 N–H and O–H groups in total. The highest BCUT2D eigenvalue weighted by Crippen LogP contribution is 2.11. The monoisotopic (exact) mass is 252 g/mol. The predicted octanol–water partition coefficient (Wildman–Crippen LogP) is 1.20. The van der Waals surface area contributed by atoms with E-state index in [1.54, 1.807) is 14.2 Å². The summed E-state index contributed by atoms with van der Waals surface area (Å²) < 4.78 is 10.5. The van der Waals surface area contributed by atoms with E-state index in [-0.39, 0.29) is 12.1 Å².